The highest BCUT2D eigenvalue weighted by Gasteiger charge is 2.19. The minimum atomic E-state index is -0.378. The van der Waals surface area contributed by atoms with Gasteiger partial charge in [0, 0.05) is 0 Å². The van der Waals surface area contributed by atoms with Gasteiger partial charge < -0.3 is 9.47 Å². The lowest BCUT2D eigenvalue weighted by Gasteiger charge is -2.15. The number of carbonyl (C=O) groups excluding carboxylic acids is 1. The van der Waals surface area contributed by atoms with Crippen molar-refractivity contribution in [2.75, 3.05) is 14.2 Å². The molecule has 0 N–H and O–H groups in total. The van der Waals surface area contributed by atoms with E-state index in [2.05, 4.69) is 0 Å². The Morgan fingerprint density at radius 1 is 0.658 bits per heavy atom. The molecule has 0 aliphatic carbocycles. The zero-order valence-corrected chi connectivity index (χ0v) is 20.9. The number of benzene rings is 5. The average molecular weight is 507 g/mol. The summed E-state index contributed by atoms with van der Waals surface area (Å²) >= 11 is 0. The predicted octanol–water partition coefficient (Wildman–Crippen LogP) is 8.37. The van der Waals surface area contributed by atoms with Crippen LogP contribution in [0, 0.1) is 11.6 Å². The van der Waals surface area contributed by atoms with E-state index < -0.39 is 0 Å². The van der Waals surface area contributed by atoms with E-state index in [9.17, 15) is 13.6 Å². The van der Waals surface area contributed by atoms with Gasteiger partial charge >= 0.3 is 0 Å². The van der Waals surface area contributed by atoms with E-state index in [1.807, 2.05) is 42.5 Å². The first kappa shape index (κ1) is 24.9. The lowest BCUT2D eigenvalue weighted by molar-refractivity contribution is 0.104. The molecule has 0 aromatic heterocycles. The third kappa shape index (κ3) is 5.18. The van der Waals surface area contributed by atoms with Gasteiger partial charge in [0.15, 0.2) is 5.78 Å². The van der Waals surface area contributed by atoms with Crippen LogP contribution in [0.1, 0.15) is 15.9 Å². The first-order valence-electron chi connectivity index (χ1n) is 12.0. The number of carbonyl (C=O) groups is 1. The number of rotatable bonds is 7. The fraction of sp³-hybridized carbons (Fsp3) is 0.0606. The molecule has 0 unspecified atom stereocenters. The van der Waals surface area contributed by atoms with Crippen molar-refractivity contribution in [1.29, 1.82) is 0 Å². The van der Waals surface area contributed by atoms with E-state index in [4.69, 9.17) is 9.47 Å². The van der Waals surface area contributed by atoms with Crippen molar-refractivity contribution < 1.29 is 23.0 Å². The van der Waals surface area contributed by atoms with E-state index in [0.717, 1.165) is 33.2 Å². The Bertz CT molecular complexity index is 1650. The molecule has 0 atom stereocenters. The smallest absolute Gasteiger partial charge is 0.190 e. The first-order valence-corrected chi connectivity index (χ1v) is 12.0. The van der Waals surface area contributed by atoms with Crippen LogP contribution in [0.5, 0.6) is 11.5 Å². The summed E-state index contributed by atoms with van der Waals surface area (Å²) < 4.78 is 38.2. The second-order valence-electron chi connectivity index (χ2n) is 8.78. The third-order valence-corrected chi connectivity index (χ3v) is 6.40. The van der Waals surface area contributed by atoms with Crippen molar-refractivity contribution in [2.24, 2.45) is 0 Å². The standard InChI is InChI=1S/C33H24F2O3/c1-37-29-15-10-24-17-21(3-5-25(24)18-29)4-16-31(36)33-30(23-8-13-28(35)14-9-23)19-26(20-32(33)38-2)22-6-11-27(34)12-7-22/h3-20H,1-2H3. The van der Waals surface area contributed by atoms with Crippen LogP contribution in [0.15, 0.2) is 103 Å². The summed E-state index contributed by atoms with van der Waals surface area (Å²) in [6.07, 6.45) is 3.26. The molecule has 0 saturated heterocycles. The largest absolute Gasteiger partial charge is 0.497 e. The van der Waals surface area contributed by atoms with Crippen molar-refractivity contribution in [3.8, 4) is 33.8 Å². The molecular weight excluding hydrogens is 482 g/mol. The molecule has 0 aliphatic rings. The predicted molar refractivity (Wildman–Crippen MR) is 148 cm³/mol. The fourth-order valence-electron chi connectivity index (χ4n) is 4.42. The molecule has 188 valence electrons. The minimum Gasteiger partial charge on any atom is -0.497 e. The van der Waals surface area contributed by atoms with Gasteiger partial charge in [0.25, 0.3) is 0 Å². The Morgan fingerprint density at radius 3 is 1.95 bits per heavy atom. The number of halogens is 2. The van der Waals surface area contributed by atoms with Gasteiger partial charge in [-0.3, -0.25) is 4.79 Å². The number of fused-ring (bicyclic) bond motifs is 1. The highest BCUT2D eigenvalue weighted by atomic mass is 19.1. The molecule has 5 aromatic rings. The number of hydrogen-bond acceptors (Lipinski definition) is 3. The molecule has 0 fully saturated rings. The molecule has 38 heavy (non-hydrogen) atoms. The van der Waals surface area contributed by atoms with Crippen molar-refractivity contribution >= 4 is 22.6 Å². The van der Waals surface area contributed by atoms with E-state index >= 15 is 0 Å². The van der Waals surface area contributed by atoms with Crippen LogP contribution in [0.25, 0.3) is 39.1 Å². The van der Waals surface area contributed by atoms with Gasteiger partial charge in [0.2, 0.25) is 0 Å². The first-order chi connectivity index (χ1) is 18.4. The Balaban J connectivity index is 1.57. The summed E-state index contributed by atoms with van der Waals surface area (Å²) in [5.41, 5.74) is 3.96. The van der Waals surface area contributed by atoms with Crippen molar-refractivity contribution in [1.82, 2.24) is 0 Å². The maximum atomic E-state index is 13.7. The molecule has 5 heteroatoms. The summed E-state index contributed by atoms with van der Waals surface area (Å²) in [4.78, 5) is 13.6. The van der Waals surface area contributed by atoms with Gasteiger partial charge in [0.1, 0.15) is 23.1 Å². The molecule has 0 radical (unpaired) electrons. The zero-order valence-electron chi connectivity index (χ0n) is 20.9. The van der Waals surface area contributed by atoms with E-state index in [1.54, 1.807) is 43.5 Å². The highest BCUT2D eigenvalue weighted by molar-refractivity contribution is 6.13. The van der Waals surface area contributed by atoms with Gasteiger partial charge in [-0.15, -0.1) is 0 Å². The van der Waals surface area contributed by atoms with Crippen LogP contribution in [-0.2, 0) is 0 Å². The second-order valence-corrected chi connectivity index (χ2v) is 8.78. The molecule has 0 saturated carbocycles. The third-order valence-electron chi connectivity index (χ3n) is 6.40. The topological polar surface area (TPSA) is 35.5 Å². The van der Waals surface area contributed by atoms with E-state index in [-0.39, 0.29) is 17.4 Å². The summed E-state index contributed by atoms with van der Waals surface area (Å²) in [7, 11) is 3.13. The minimum absolute atomic E-state index is 0.262. The van der Waals surface area contributed by atoms with Crippen LogP contribution in [0.2, 0.25) is 0 Å². The van der Waals surface area contributed by atoms with E-state index in [1.165, 1.54) is 37.5 Å². The molecule has 0 aliphatic heterocycles. The summed E-state index contributed by atoms with van der Waals surface area (Å²) in [5, 5.41) is 2.05. The Morgan fingerprint density at radius 2 is 1.29 bits per heavy atom. The quantitative estimate of drug-likeness (QED) is 0.164. The van der Waals surface area contributed by atoms with Crippen molar-refractivity contribution in [3.63, 3.8) is 0 Å². The highest BCUT2D eigenvalue weighted by Crippen LogP contribution is 2.37. The summed E-state index contributed by atoms with van der Waals surface area (Å²) in [6.45, 7) is 0. The second kappa shape index (κ2) is 10.7. The molecule has 0 bridgehead atoms. The maximum Gasteiger partial charge on any atom is 0.190 e. The average Bonchev–Trinajstić information content (AvgIpc) is 2.95. The van der Waals surface area contributed by atoms with Crippen LogP contribution in [0.3, 0.4) is 0 Å². The molecule has 0 heterocycles. The summed E-state index contributed by atoms with van der Waals surface area (Å²) in [6, 6.07) is 27.3. The van der Waals surface area contributed by atoms with Gasteiger partial charge in [0.05, 0.1) is 19.8 Å². The van der Waals surface area contributed by atoms with E-state index in [0.29, 0.717) is 22.4 Å². The monoisotopic (exact) mass is 506 g/mol. The number of ether oxygens (including phenoxy) is 2. The Kier molecular flexibility index (Phi) is 7.00. The zero-order chi connectivity index (χ0) is 26.6. The fourth-order valence-corrected chi connectivity index (χ4v) is 4.42. The number of ketones is 1. The van der Waals surface area contributed by atoms with Crippen molar-refractivity contribution in [3.05, 3.63) is 126 Å². The molecule has 0 amide bonds. The normalized spacial score (nSPS) is 11.2. The SMILES string of the molecule is COc1ccc2cc(C=CC(=O)c3c(OC)cc(-c4ccc(F)cc4)cc3-c3ccc(F)cc3)ccc2c1. The van der Waals surface area contributed by atoms with Crippen LogP contribution < -0.4 is 9.47 Å². The van der Waals surface area contributed by atoms with Crippen LogP contribution in [-0.4, -0.2) is 20.0 Å². The lowest BCUT2D eigenvalue weighted by atomic mass is 9.91. The van der Waals surface area contributed by atoms with Crippen molar-refractivity contribution in [2.45, 2.75) is 0 Å². The van der Waals surface area contributed by atoms with Gasteiger partial charge in [-0.2, -0.15) is 0 Å². The Hall–Kier alpha value is -4.77. The number of hydrogen-bond donors (Lipinski definition) is 0. The molecular formula is C33H24F2O3. The Labute approximate surface area is 219 Å². The molecule has 5 rings (SSSR count). The van der Waals surface area contributed by atoms with Crippen LogP contribution in [0.4, 0.5) is 8.78 Å². The lowest BCUT2D eigenvalue weighted by Crippen LogP contribution is -2.03. The molecule has 5 aromatic carbocycles. The molecule has 3 nitrogen and oxygen atoms in total. The van der Waals surface area contributed by atoms with Gasteiger partial charge in [-0.25, -0.2) is 8.78 Å². The van der Waals surface area contributed by atoms with Gasteiger partial charge in [-0.05, 0) is 99.3 Å². The maximum absolute atomic E-state index is 13.7. The van der Waals surface area contributed by atoms with Crippen LogP contribution >= 0.6 is 0 Å². The number of allylic oxidation sites excluding steroid dienone is 1. The summed E-state index contributed by atoms with van der Waals surface area (Å²) in [5.74, 6) is 0.162. The number of methoxy groups -OCH3 is 2. The molecule has 0 spiro atoms. The van der Waals surface area contributed by atoms with Gasteiger partial charge in [-0.1, -0.05) is 48.5 Å².